The van der Waals surface area contributed by atoms with Gasteiger partial charge in [-0.2, -0.15) is 0 Å². The average Bonchev–Trinajstić information content (AvgIpc) is 2.14. The van der Waals surface area contributed by atoms with E-state index in [1.54, 1.807) is 13.8 Å². The number of aliphatic hydroxyl groups excluding tert-OH is 1. The molecule has 0 aliphatic rings. The second kappa shape index (κ2) is 5.75. The number of carbonyl (C=O) groups is 2. The quantitative estimate of drug-likeness (QED) is 0.609. The lowest BCUT2D eigenvalue weighted by molar-refractivity contribution is -0.128. The highest BCUT2D eigenvalue weighted by Crippen LogP contribution is 2.25. The van der Waals surface area contributed by atoms with Gasteiger partial charge in [-0.1, -0.05) is 20.8 Å². The summed E-state index contributed by atoms with van der Waals surface area (Å²) in [5, 5.41) is 19.6. The van der Waals surface area contributed by atoms with E-state index in [2.05, 4.69) is 5.32 Å². The molecule has 0 rings (SSSR count). The topological polar surface area (TPSA) is 90.2 Å². The maximum absolute atomic E-state index is 11.3. The molecule has 0 bridgehead atoms. The SMILES string of the molecule is CCC(O)C(C)(C)C(=N)CC(=O)NC(C)=O. The van der Waals surface area contributed by atoms with Crippen LogP contribution in [0.5, 0.6) is 0 Å². The average molecular weight is 228 g/mol. The lowest BCUT2D eigenvalue weighted by atomic mass is 9.79. The summed E-state index contributed by atoms with van der Waals surface area (Å²) < 4.78 is 0. The highest BCUT2D eigenvalue weighted by Gasteiger charge is 2.32. The largest absolute Gasteiger partial charge is 0.392 e. The van der Waals surface area contributed by atoms with Crippen LogP contribution in [-0.4, -0.2) is 28.7 Å². The molecule has 0 fully saturated rings. The van der Waals surface area contributed by atoms with E-state index in [0.29, 0.717) is 6.42 Å². The summed E-state index contributed by atoms with van der Waals surface area (Å²) in [5.74, 6) is -0.944. The maximum atomic E-state index is 11.3. The molecule has 92 valence electrons. The number of hydrogen-bond donors (Lipinski definition) is 3. The Kier molecular flexibility index (Phi) is 5.30. The van der Waals surface area contributed by atoms with Crippen LogP contribution in [-0.2, 0) is 9.59 Å². The molecule has 0 aliphatic heterocycles. The Morgan fingerprint density at radius 3 is 2.31 bits per heavy atom. The first kappa shape index (κ1) is 14.8. The van der Waals surface area contributed by atoms with E-state index < -0.39 is 23.3 Å². The third-order valence-corrected chi connectivity index (χ3v) is 2.65. The van der Waals surface area contributed by atoms with Crippen molar-refractivity contribution < 1.29 is 14.7 Å². The summed E-state index contributed by atoms with van der Waals surface area (Å²) in [6, 6.07) is 0. The molecule has 0 heterocycles. The van der Waals surface area contributed by atoms with Gasteiger partial charge in [0.1, 0.15) is 0 Å². The summed E-state index contributed by atoms with van der Waals surface area (Å²) in [4.78, 5) is 21.9. The number of hydrogen-bond acceptors (Lipinski definition) is 4. The molecule has 0 saturated heterocycles. The number of nitrogens with one attached hydrogen (secondary N) is 2. The molecule has 16 heavy (non-hydrogen) atoms. The van der Waals surface area contributed by atoms with Crippen LogP contribution in [0.3, 0.4) is 0 Å². The summed E-state index contributed by atoms with van der Waals surface area (Å²) in [6.07, 6.45) is -0.307. The van der Waals surface area contributed by atoms with E-state index in [0.717, 1.165) is 0 Å². The predicted molar refractivity (Wildman–Crippen MR) is 61.2 cm³/mol. The van der Waals surface area contributed by atoms with E-state index >= 15 is 0 Å². The second-order valence-electron chi connectivity index (χ2n) is 4.41. The van der Waals surface area contributed by atoms with Crippen molar-refractivity contribution in [2.45, 2.75) is 46.6 Å². The van der Waals surface area contributed by atoms with Crippen LogP contribution in [0.2, 0.25) is 0 Å². The molecule has 2 amide bonds. The molecule has 1 unspecified atom stereocenters. The fraction of sp³-hybridized carbons (Fsp3) is 0.727. The van der Waals surface area contributed by atoms with Crippen molar-refractivity contribution in [3.05, 3.63) is 0 Å². The van der Waals surface area contributed by atoms with Gasteiger partial charge in [0.25, 0.3) is 0 Å². The fourth-order valence-electron chi connectivity index (χ4n) is 1.34. The number of amides is 2. The molecule has 0 saturated carbocycles. The first-order valence-electron chi connectivity index (χ1n) is 5.28. The van der Waals surface area contributed by atoms with E-state index in [1.165, 1.54) is 6.92 Å². The number of imide groups is 1. The summed E-state index contributed by atoms with van der Waals surface area (Å²) >= 11 is 0. The Labute approximate surface area is 95.7 Å². The normalized spacial score (nSPS) is 13.1. The Balaban J connectivity index is 4.46. The number of aliphatic hydroxyl groups is 1. The van der Waals surface area contributed by atoms with Crippen molar-refractivity contribution in [2.75, 3.05) is 0 Å². The van der Waals surface area contributed by atoms with Gasteiger partial charge in [-0.15, -0.1) is 0 Å². The van der Waals surface area contributed by atoms with E-state index in [-0.39, 0.29) is 12.1 Å². The van der Waals surface area contributed by atoms with Gasteiger partial charge in [0.2, 0.25) is 11.8 Å². The van der Waals surface area contributed by atoms with Gasteiger partial charge < -0.3 is 10.5 Å². The highest BCUT2D eigenvalue weighted by molar-refractivity contribution is 6.06. The van der Waals surface area contributed by atoms with Gasteiger partial charge >= 0.3 is 0 Å². The van der Waals surface area contributed by atoms with Crippen LogP contribution in [0.4, 0.5) is 0 Å². The van der Waals surface area contributed by atoms with Crippen molar-refractivity contribution in [2.24, 2.45) is 5.41 Å². The van der Waals surface area contributed by atoms with Crippen molar-refractivity contribution in [1.82, 2.24) is 5.32 Å². The smallest absolute Gasteiger partial charge is 0.232 e. The summed E-state index contributed by atoms with van der Waals surface area (Å²) in [5.41, 5.74) is -0.622. The van der Waals surface area contributed by atoms with Gasteiger partial charge in [0.05, 0.1) is 12.5 Å². The van der Waals surface area contributed by atoms with E-state index in [9.17, 15) is 14.7 Å². The number of carbonyl (C=O) groups excluding carboxylic acids is 2. The highest BCUT2D eigenvalue weighted by atomic mass is 16.3. The minimum atomic E-state index is -0.747. The lowest BCUT2D eigenvalue weighted by Crippen LogP contribution is -2.40. The zero-order chi connectivity index (χ0) is 12.9. The lowest BCUT2D eigenvalue weighted by Gasteiger charge is -2.30. The molecule has 5 heteroatoms. The summed E-state index contributed by atoms with van der Waals surface area (Å²) in [7, 11) is 0. The first-order valence-corrected chi connectivity index (χ1v) is 5.28. The molecule has 0 aromatic carbocycles. The van der Waals surface area contributed by atoms with Crippen molar-refractivity contribution in [3.63, 3.8) is 0 Å². The Morgan fingerprint density at radius 2 is 1.94 bits per heavy atom. The molecule has 3 N–H and O–H groups in total. The van der Waals surface area contributed by atoms with Crippen LogP contribution in [0.15, 0.2) is 0 Å². The van der Waals surface area contributed by atoms with Crippen molar-refractivity contribution in [1.29, 1.82) is 5.41 Å². The Bertz CT molecular complexity index is 298. The zero-order valence-corrected chi connectivity index (χ0v) is 10.3. The minimum absolute atomic E-state index is 0.126. The standard InChI is InChI=1S/C11H20N2O3/c1-5-9(15)11(3,4)8(12)6-10(16)13-7(2)14/h9,12,15H,5-6H2,1-4H3,(H,13,14,16). The van der Waals surface area contributed by atoms with Crippen LogP contribution >= 0.6 is 0 Å². The zero-order valence-electron chi connectivity index (χ0n) is 10.3. The van der Waals surface area contributed by atoms with Gasteiger partial charge in [-0.05, 0) is 6.42 Å². The molecule has 5 nitrogen and oxygen atoms in total. The van der Waals surface area contributed by atoms with Crippen LogP contribution in [0, 0.1) is 10.8 Å². The maximum Gasteiger partial charge on any atom is 0.232 e. The van der Waals surface area contributed by atoms with Gasteiger partial charge in [0, 0.05) is 18.1 Å². The third kappa shape index (κ3) is 4.10. The van der Waals surface area contributed by atoms with Gasteiger partial charge in [-0.3, -0.25) is 14.9 Å². The van der Waals surface area contributed by atoms with Crippen molar-refractivity contribution in [3.8, 4) is 0 Å². The molecular weight excluding hydrogens is 208 g/mol. The fourth-order valence-corrected chi connectivity index (χ4v) is 1.34. The Hall–Kier alpha value is -1.23. The summed E-state index contributed by atoms with van der Waals surface area (Å²) in [6.45, 7) is 6.48. The van der Waals surface area contributed by atoms with Crippen LogP contribution in [0.1, 0.15) is 40.5 Å². The molecule has 1 atom stereocenters. The van der Waals surface area contributed by atoms with Gasteiger partial charge in [-0.25, -0.2) is 0 Å². The third-order valence-electron chi connectivity index (χ3n) is 2.65. The molecule has 0 radical (unpaired) electrons. The van der Waals surface area contributed by atoms with E-state index in [4.69, 9.17) is 5.41 Å². The van der Waals surface area contributed by atoms with Crippen LogP contribution in [0.25, 0.3) is 0 Å². The van der Waals surface area contributed by atoms with E-state index in [1.807, 2.05) is 6.92 Å². The minimum Gasteiger partial charge on any atom is -0.392 e. The number of rotatable bonds is 5. The van der Waals surface area contributed by atoms with Gasteiger partial charge in [0.15, 0.2) is 0 Å². The van der Waals surface area contributed by atoms with Crippen molar-refractivity contribution >= 4 is 17.5 Å². The monoisotopic (exact) mass is 228 g/mol. The first-order chi connectivity index (χ1) is 7.21. The molecule has 0 aliphatic carbocycles. The predicted octanol–water partition coefficient (Wildman–Crippen LogP) is 0.856. The molecule has 0 aromatic rings. The second-order valence-corrected chi connectivity index (χ2v) is 4.41. The molecule has 0 spiro atoms. The molecule has 0 aromatic heterocycles. The molecular formula is C11H20N2O3. The Morgan fingerprint density at radius 1 is 1.44 bits per heavy atom. The van der Waals surface area contributed by atoms with Crippen LogP contribution < -0.4 is 5.32 Å².